The quantitative estimate of drug-likeness (QED) is 0.717. The van der Waals surface area contributed by atoms with Gasteiger partial charge in [0.1, 0.15) is 17.2 Å². The van der Waals surface area contributed by atoms with Crippen LogP contribution in [0.15, 0.2) is 72.8 Å². The van der Waals surface area contributed by atoms with Crippen LogP contribution in [0.1, 0.15) is 16.7 Å². The van der Waals surface area contributed by atoms with E-state index in [1.807, 2.05) is 54.6 Å². The monoisotopic (exact) mass is 290 g/mol. The predicted octanol–water partition coefficient (Wildman–Crippen LogP) is 3.78. The molecular formula is C19H14O3. The Hall–Kier alpha value is -2.78. The van der Waals surface area contributed by atoms with Crippen molar-refractivity contribution in [2.75, 3.05) is 0 Å². The van der Waals surface area contributed by atoms with Gasteiger partial charge >= 0.3 is 0 Å². The highest BCUT2D eigenvalue weighted by Gasteiger charge is 2.43. The van der Waals surface area contributed by atoms with E-state index in [0.717, 1.165) is 0 Å². The Bertz CT molecular complexity index is 842. The highest BCUT2D eigenvalue weighted by Crippen LogP contribution is 2.52. The van der Waals surface area contributed by atoms with Crippen molar-refractivity contribution in [3.8, 4) is 17.2 Å². The maximum Gasteiger partial charge on any atom is 0.151 e. The molecule has 0 aromatic heterocycles. The molecule has 3 nitrogen and oxygen atoms in total. The van der Waals surface area contributed by atoms with E-state index >= 15 is 0 Å². The largest absolute Gasteiger partial charge is 0.507 e. The number of hydrogen-bond acceptors (Lipinski definition) is 3. The summed E-state index contributed by atoms with van der Waals surface area (Å²) in [5, 5.41) is 21.9. The molecule has 0 spiro atoms. The van der Waals surface area contributed by atoms with Crippen molar-refractivity contribution in [1.82, 2.24) is 0 Å². The molecule has 1 aliphatic rings. The molecule has 0 aliphatic carbocycles. The van der Waals surface area contributed by atoms with Gasteiger partial charge in [0.25, 0.3) is 0 Å². The molecule has 0 bridgehead atoms. The molecular weight excluding hydrogens is 276 g/mol. The minimum atomic E-state index is -1.45. The fourth-order valence-electron chi connectivity index (χ4n) is 3.06. The van der Waals surface area contributed by atoms with E-state index in [2.05, 4.69) is 0 Å². The lowest BCUT2D eigenvalue weighted by atomic mass is 9.78. The number of aliphatic hydroxyl groups is 1. The van der Waals surface area contributed by atoms with Crippen LogP contribution in [-0.4, -0.2) is 10.2 Å². The molecule has 3 aromatic carbocycles. The first kappa shape index (κ1) is 12.9. The maximum atomic E-state index is 11.6. The van der Waals surface area contributed by atoms with Crippen LogP contribution < -0.4 is 4.74 Å². The molecule has 2 N–H and O–H groups in total. The van der Waals surface area contributed by atoms with Crippen molar-refractivity contribution < 1.29 is 14.9 Å². The first-order chi connectivity index (χ1) is 10.7. The number of hydrogen-bond donors (Lipinski definition) is 2. The highest BCUT2D eigenvalue weighted by atomic mass is 16.5. The van der Waals surface area contributed by atoms with Crippen molar-refractivity contribution in [3.63, 3.8) is 0 Å². The van der Waals surface area contributed by atoms with Crippen LogP contribution in [0.4, 0.5) is 0 Å². The molecule has 1 heterocycles. The molecule has 1 atom stereocenters. The summed E-state index contributed by atoms with van der Waals surface area (Å²) in [5.74, 6) is 1.07. The number of para-hydroxylation sites is 1. The van der Waals surface area contributed by atoms with Gasteiger partial charge in [0.15, 0.2) is 5.60 Å². The Morgan fingerprint density at radius 2 is 1.41 bits per heavy atom. The fraction of sp³-hybridized carbons (Fsp3) is 0.0526. The molecule has 3 heteroatoms. The van der Waals surface area contributed by atoms with Crippen molar-refractivity contribution in [2.24, 2.45) is 0 Å². The third kappa shape index (κ3) is 1.66. The molecule has 0 radical (unpaired) electrons. The summed E-state index contributed by atoms with van der Waals surface area (Å²) >= 11 is 0. The SMILES string of the molecule is Oc1cccc2c1C(O)(c1ccccc1)c1ccccc1O2. The van der Waals surface area contributed by atoms with E-state index in [4.69, 9.17) is 4.74 Å². The van der Waals surface area contributed by atoms with E-state index < -0.39 is 5.60 Å². The van der Waals surface area contributed by atoms with Crippen LogP contribution in [0.2, 0.25) is 0 Å². The predicted molar refractivity (Wildman–Crippen MR) is 83.2 cm³/mol. The van der Waals surface area contributed by atoms with E-state index in [1.165, 1.54) is 0 Å². The number of phenolic OH excluding ortho intramolecular Hbond substituents is 1. The van der Waals surface area contributed by atoms with Gasteiger partial charge in [-0.1, -0.05) is 54.6 Å². The third-order valence-electron chi connectivity index (χ3n) is 4.05. The van der Waals surface area contributed by atoms with Crippen LogP contribution in [0.3, 0.4) is 0 Å². The van der Waals surface area contributed by atoms with Crippen LogP contribution in [-0.2, 0) is 5.60 Å². The van der Waals surface area contributed by atoms with Gasteiger partial charge < -0.3 is 14.9 Å². The molecule has 4 rings (SSSR count). The van der Waals surface area contributed by atoms with Crippen LogP contribution in [0.5, 0.6) is 17.2 Å². The second kappa shape index (κ2) is 4.61. The van der Waals surface area contributed by atoms with E-state index in [0.29, 0.717) is 28.2 Å². The maximum absolute atomic E-state index is 11.6. The summed E-state index contributed by atoms with van der Waals surface area (Å²) in [6, 6.07) is 21.7. The second-order valence-corrected chi connectivity index (χ2v) is 5.32. The van der Waals surface area contributed by atoms with E-state index in [-0.39, 0.29) is 5.75 Å². The van der Waals surface area contributed by atoms with Crippen LogP contribution >= 0.6 is 0 Å². The topological polar surface area (TPSA) is 49.7 Å². The molecule has 22 heavy (non-hydrogen) atoms. The van der Waals surface area contributed by atoms with Gasteiger partial charge in [0, 0.05) is 5.56 Å². The Morgan fingerprint density at radius 3 is 2.23 bits per heavy atom. The Morgan fingerprint density at radius 1 is 0.727 bits per heavy atom. The smallest absolute Gasteiger partial charge is 0.151 e. The number of fused-ring (bicyclic) bond motifs is 2. The number of phenols is 1. The lowest BCUT2D eigenvalue weighted by Gasteiger charge is -2.36. The Balaban J connectivity index is 2.10. The number of rotatable bonds is 1. The number of aromatic hydroxyl groups is 1. The second-order valence-electron chi connectivity index (χ2n) is 5.32. The van der Waals surface area contributed by atoms with Crippen molar-refractivity contribution >= 4 is 0 Å². The van der Waals surface area contributed by atoms with Gasteiger partial charge in [-0.3, -0.25) is 0 Å². The zero-order chi connectivity index (χ0) is 15.2. The first-order valence-electron chi connectivity index (χ1n) is 7.09. The molecule has 0 amide bonds. The fourth-order valence-corrected chi connectivity index (χ4v) is 3.06. The average molecular weight is 290 g/mol. The summed E-state index contributed by atoms with van der Waals surface area (Å²) in [6.45, 7) is 0. The normalized spacial score (nSPS) is 19.0. The highest BCUT2D eigenvalue weighted by molar-refractivity contribution is 5.64. The van der Waals surface area contributed by atoms with E-state index in [1.54, 1.807) is 18.2 Å². The molecule has 1 unspecified atom stereocenters. The number of benzene rings is 3. The standard InChI is InChI=1S/C19H14O3/c20-15-10-6-12-17-18(15)19(21,13-7-2-1-3-8-13)14-9-4-5-11-16(14)22-17/h1-12,20-21H. The molecule has 1 aliphatic heterocycles. The van der Waals surface area contributed by atoms with Gasteiger partial charge in [-0.05, 0) is 23.8 Å². The van der Waals surface area contributed by atoms with E-state index in [9.17, 15) is 10.2 Å². The zero-order valence-electron chi connectivity index (χ0n) is 11.7. The van der Waals surface area contributed by atoms with Gasteiger partial charge in [-0.25, -0.2) is 0 Å². The molecule has 0 saturated heterocycles. The van der Waals surface area contributed by atoms with Crippen molar-refractivity contribution in [3.05, 3.63) is 89.5 Å². The van der Waals surface area contributed by atoms with Gasteiger partial charge in [0.2, 0.25) is 0 Å². The molecule has 0 fully saturated rings. The Labute approximate surface area is 128 Å². The lowest BCUT2D eigenvalue weighted by molar-refractivity contribution is 0.109. The average Bonchev–Trinajstić information content (AvgIpc) is 2.56. The number of ether oxygens (including phenoxy) is 1. The summed E-state index contributed by atoms with van der Waals surface area (Å²) in [5.41, 5.74) is 0.236. The first-order valence-corrected chi connectivity index (χ1v) is 7.09. The van der Waals surface area contributed by atoms with Crippen molar-refractivity contribution in [1.29, 1.82) is 0 Å². The summed E-state index contributed by atoms with van der Waals surface area (Å²) in [4.78, 5) is 0. The van der Waals surface area contributed by atoms with Crippen LogP contribution in [0, 0.1) is 0 Å². The summed E-state index contributed by atoms with van der Waals surface area (Å²) < 4.78 is 5.86. The molecule has 0 saturated carbocycles. The minimum absolute atomic E-state index is 0.0124. The van der Waals surface area contributed by atoms with Gasteiger partial charge in [-0.15, -0.1) is 0 Å². The molecule has 108 valence electrons. The Kier molecular flexibility index (Phi) is 2.71. The van der Waals surface area contributed by atoms with Crippen LogP contribution in [0.25, 0.3) is 0 Å². The summed E-state index contributed by atoms with van der Waals surface area (Å²) in [7, 11) is 0. The summed E-state index contributed by atoms with van der Waals surface area (Å²) in [6.07, 6.45) is 0. The zero-order valence-corrected chi connectivity index (χ0v) is 11.7. The lowest BCUT2D eigenvalue weighted by Crippen LogP contribution is -2.32. The molecule has 3 aromatic rings. The minimum Gasteiger partial charge on any atom is -0.507 e. The van der Waals surface area contributed by atoms with Gasteiger partial charge in [0.05, 0.1) is 5.56 Å². The van der Waals surface area contributed by atoms with Crippen molar-refractivity contribution in [2.45, 2.75) is 5.60 Å². The van der Waals surface area contributed by atoms with Gasteiger partial charge in [-0.2, -0.15) is 0 Å². The third-order valence-corrected chi connectivity index (χ3v) is 4.05.